The van der Waals surface area contributed by atoms with Gasteiger partial charge in [0.05, 0.1) is 16.8 Å². The largest absolute Gasteiger partial charge is 0.489 e. The lowest BCUT2D eigenvalue weighted by atomic mass is 10.2. The first kappa shape index (κ1) is 16.3. The quantitative estimate of drug-likeness (QED) is 0.740. The highest BCUT2D eigenvalue weighted by molar-refractivity contribution is 7.12. The van der Waals surface area contributed by atoms with Gasteiger partial charge >= 0.3 is 0 Å². The van der Waals surface area contributed by atoms with Gasteiger partial charge in [0.15, 0.2) is 0 Å². The van der Waals surface area contributed by atoms with E-state index in [9.17, 15) is 4.79 Å². The summed E-state index contributed by atoms with van der Waals surface area (Å²) in [6.07, 6.45) is 4.39. The topological polar surface area (TPSA) is 56.1 Å². The molecule has 0 fully saturated rings. The maximum atomic E-state index is 12.2. The van der Waals surface area contributed by atoms with Gasteiger partial charge in [0.2, 0.25) is 0 Å². The Hall–Kier alpha value is -2.60. The van der Waals surface area contributed by atoms with Gasteiger partial charge < -0.3 is 10.1 Å². The molecule has 5 nitrogen and oxygen atoms in total. The van der Waals surface area contributed by atoms with E-state index < -0.39 is 0 Å². The maximum absolute atomic E-state index is 12.2. The van der Waals surface area contributed by atoms with Gasteiger partial charge in [0.1, 0.15) is 12.4 Å². The first-order valence-electron chi connectivity index (χ1n) is 7.73. The van der Waals surface area contributed by atoms with E-state index in [0.29, 0.717) is 17.2 Å². The number of benzene rings is 1. The van der Waals surface area contributed by atoms with Gasteiger partial charge in [-0.2, -0.15) is 5.10 Å². The van der Waals surface area contributed by atoms with Gasteiger partial charge in [0, 0.05) is 18.8 Å². The molecule has 24 heavy (non-hydrogen) atoms. The maximum Gasteiger partial charge on any atom is 0.265 e. The minimum atomic E-state index is -0.133. The molecular formula is C18H19N3O2S. The summed E-state index contributed by atoms with van der Waals surface area (Å²) in [6.45, 7) is 2.57. The predicted octanol–water partition coefficient (Wildman–Crippen LogP) is 3.88. The van der Waals surface area contributed by atoms with E-state index in [1.54, 1.807) is 17.1 Å². The number of anilines is 1. The van der Waals surface area contributed by atoms with Crippen LogP contribution in [0.4, 0.5) is 5.69 Å². The van der Waals surface area contributed by atoms with E-state index in [-0.39, 0.29) is 5.91 Å². The van der Waals surface area contributed by atoms with Crippen LogP contribution in [0.3, 0.4) is 0 Å². The summed E-state index contributed by atoms with van der Waals surface area (Å²) < 4.78 is 7.41. The Labute approximate surface area is 144 Å². The average Bonchev–Trinajstić information content (AvgIpc) is 3.22. The van der Waals surface area contributed by atoms with Gasteiger partial charge in [0.25, 0.3) is 5.91 Å². The second-order valence-corrected chi connectivity index (χ2v) is 6.37. The second-order valence-electron chi connectivity index (χ2n) is 5.46. The summed E-state index contributed by atoms with van der Waals surface area (Å²) in [6, 6.07) is 9.94. The van der Waals surface area contributed by atoms with Crippen LogP contribution < -0.4 is 10.1 Å². The van der Waals surface area contributed by atoms with Gasteiger partial charge in [-0.1, -0.05) is 19.1 Å². The van der Waals surface area contributed by atoms with Gasteiger partial charge in [-0.3, -0.25) is 9.48 Å². The van der Waals surface area contributed by atoms with Crippen molar-refractivity contribution in [2.75, 3.05) is 5.32 Å². The van der Waals surface area contributed by atoms with Gasteiger partial charge in [-0.05, 0) is 35.6 Å². The number of rotatable bonds is 6. The number of carbonyl (C=O) groups is 1. The van der Waals surface area contributed by atoms with Crippen LogP contribution in [0.2, 0.25) is 0 Å². The van der Waals surface area contributed by atoms with Crippen molar-refractivity contribution in [2.24, 2.45) is 7.05 Å². The molecule has 3 aromatic rings. The number of ether oxygens (including phenoxy) is 1. The standard InChI is InChI=1S/C18H19N3O2S/c1-3-13-4-6-16(7-5-13)23-11-14-8-17(24-12-14)18(22)20-15-9-19-21(2)10-15/h4-10,12H,3,11H2,1-2H3,(H,20,22). The summed E-state index contributed by atoms with van der Waals surface area (Å²) >= 11 is 1.41. The van der Waals surface area contributed by atoms with Crippen molar-refractivity contribution >= 4 is 22.9 Å². The average molecular weight is 341 g/mol. The van der Waals surface area contributed by atoms with Crippen molar-refractivity contribution in [3.63, 3.8) is 0 Å². The summed E-state index contributed by atoms with van der Waals surface area (Å²) in [4.78, 5) is 12.9. The Balaban J connectivity index is 1.57. The van der Waals surface area contributed by atoms with Crippen LogP contribution in [0.15, 0.2) is 48.1 Å². The molecule has 1 amide bonds. The third-order valence-corrected chi connectivity index (χ3v) is 4.56. The van der Waals surface area contributed by atoms with Crippen LogP contribution in [-0.2, 0) is 20.1 Å². The molecule has 6 heteroatoms. The Kier molecular flexibility index (Phi) is 4.96. The number of nitrogens with one attached hydrogen (secondary N) is 1. The minimum absolute atomic E-state index is 0.133. The van der Waals surface area contributed by atoms with Crippen LogP contribution in [0.5, 0.6) is 5.75 Å². The molecule has 0 radical (unpaired) electrons. The molecule has 0 spiro atoms. The number of amides is 1. The highest BCUT2D eigenvalue weighted by Gasteiger charge is 2.10. The lowest BCUT2D eigenvalue weighted by Crippen LogP contribution is -2.09. The molecular weight excluding hydrogens is 322 g/mol. The SMILES string of the molecule is CCc1ccc(OCc2csc(C(=O)Nc3cnn(C)c3)c2)cc1. The van der Waals surface area contributed by atoms with Crippen molar-refractivity contribution in [1.29, 1.82) is 0 Å². The van der Waals surface area contributed by atoms with Crippen LogP contribution in [0, 0.1) is 0 Å². The zero-order valence-electron chi connectivity index (χ0n) is 13.7. The number of aromatic nitrogens is 2. The van der Waals surface area contributed by atoms with Gasteiger partial charge in [-0.25, -0.2) is 0 Å². The number of aryl methyl sites for hydroxylation is 2. The molecule has 1 N–H and O–H groups in total. The molecule has 0 atom stereocenters. The molecule has 0 bridgehead atoms. The Morgan fingerprint density at radius 1 is 1.29 bits per heavy atom. The number of nitrogens with zero attached hydrogens (tertiary/aromatic N) is 2. The minimum Gasteiger partial charge on any atom is -0.489 e. The highest BCUT2D eigenvalue weighted by atomic mass is 32.1. The molecule has 0 aliphatic heterocycles. The molecule has 3 rings (SSSR count). The normalized spacial score (nSPS) is 10.6. The smallest absolute Gasteiger partial charge is 0.265 e. The van der Waals surface area contributed by atoms with E-state index in [0.717, 1.165) is 17.7 Å². The Morgan fingerprint density at radius 2 is 2.08 bits per heavy atom. The lowest BCUT2D eigenvalue weighted by molar-refractivity contribution is 0.103. The summed E-state index contributed by atoms with van der Waals surface area (Å²) in [5.41, 5.74) is 2.95. The molecule has 0 aliphatic carbocycles. The van der Waals surface area contributed by atoms with Crippen LogP contribution in [0.1, 0.15) is 27.7 Å². The van der Waals surface area contributed by atoms with E-state index in [1.165, 1.54) is 16.9 Å². The Morgan fingerprint density at radius 3 is 2.75 bits per heavy atom. The summed E-state index contributed by atoms with van der Waals surface area (Å²) in [5, 5.41) is 8.80. The van der Waals surface area contributed by atoms with Crippen LogP contribution in [-0.4, -0.2) is 15.7 Å². The van der Waals surface area contributed by atoms with Crippen molar-refractivity contribution in [2.45, 2.75) is 20.0 Å². The van der Waals surface area contributed by atoms with E-state index >= 15 is 0 Å². The van der Waals surface area contributed by atoms with E-state index in [1.807, 2.05) is 30.6 Å². The fraction of sp³-hybridized carbons (Fsp3) is 0.222. The molecule has 124 valence electrons. The van der Waals surface area contributed by atoms with Gasteiger partial charge in [-0.15, -0.1) is 11.3 Å². The molecule has 2 heterocycles. The highest BCUT2D eigenvalue weighted by Crippen LogP contribution is 2.19. The van der Waals surface area contributed by atoms with Crippen molar-refractivity contribution in [3.8, 4) is 5.75 Å². The fourth-order valence-corrected chi connectivity index (χ4v) is 3.03. The molecule has 0 saturated carbocycles. The number of hydrogen-bond donors (Lipinski definition) is 1. The van der Waals surface area contributed by atoms with E-state index in [4.69, 9.17) is 4.74 Å². The van der Waals surface area contributed by atoms with Crippen LogP contribution >= 0.6 is 11.3 Å². The van der Waals surface area contributed by atoms with Crippen molar-refractivity contribution < 1.29 is 9.53 Å². The zero-order chi connectivity index (χ0) is 16.9. The van der Waals surface area contributed by atoms with Crippen molar-refractivity contribution in [3.05, 3.63) is 64.1 Å². The third kappa shape index (κ3) is 4.02. The van der Waals surface area contributed by atoms with Crippen molar-refractivity contribution in [1.82, 2.24) is 9.78 Å². The monoisotopic (exact) mass is 341 g/mol. The number of carbonyl (C=O) groups excluding carboxylic acids is 1. The summed E-state index contributed by atoms with van der Waals surface area (Å²) in [5.74, 6) is 0.700. The predicted molar refractivity (Wildman–Crippen MR) is 95.6 cm³/mol. The second kappa shape index (κ2) is 7.31. The molecule has 0 aliphatic rings. The Bertz CT molecular complexity index is 821. The number of thiophene rings is 1. The lowest BCUT2D eigenvalue weighted by Gasteiger charge is -2.05. The van der Waals surface area contributed by atoms with E-state index in [2.05, 4.69) is 29.5 Å². The number of hydrogen-bond acceptors (Lipinski definition) is 4. The molecule has 0 saturated heterocycles. The first-order chi connectivity index (χ1) is 11.6. The molecule has 2 aromatic heterocycles. The van der Waals surface area contributed by atoms with Crippen LogP contribution in [0.25, 0.3) is 0 Å². The fourth-order valence-electron chi connectivity index (χ4n) is 2.24. The summed E-state index contributed by atoms with van der Waals surface area (Å²) in [7, 11) is 1.81. The molecule has 1 aromatic carbocycles. The molecule has 0 unspecified atom stereocenters. The first-order valence-corrected chi connectivity index (χ1v) is 8.61. The zero-order valence-corrected chi connectivity index (χ0v) is 14.5. The third-order valence-electron chi connectivity index (χ3n) is 3.58.